The number of benzene rings is 1. The molecular formula is C28H46O. The summed E-state index contributed by atoms with van der Waals surface area (Å²) in [6, 6.07) is 8.98. The monoisotopic (exact) mass is 398 g/mol. The quantitative estimate of drug-likeness (QED) is 0.339. The summed E-state index contributed by atoms with van der Waals surface area (Å²) in [6.45, 7) is 5.64. The van der Waals surface area contributed by atoms with E-state index in [9.17, 15) is 0 Å². The molecule has 1 heteroatoms. The second kappa shape index (κ2) is 12.7. The highest BCUT2D eigenvalue weighted by Crippen LogP contribution is 2.34. The summed E-state index contributed by atoms with van der Waals surface area (Å²) in [7, 11) is 0. The molecule has 2 aliphatic rings. The Bertz CT molecular complexity index is 540. The van der Waals surface area contributed by atoms with Crippen LogP contribution in [0.25, 0.3) is 0 Å². The van der Waals surface area contributed by atoms with Gasteiger partial charge in [0.1, 0.15) is 5.75 Å². The van der Waals surface area contributed by atoms with Crippen LogP contribution in [-0.4, -0.2) is 6.61 Å². The zero-order valence-electron chi connectivity index (χ0n) is 19.3. The average molecular weight is 399 g/mol. The number of rotatable bonds is 11. The fourth-order valence-corrected chi connectivity index (χ4v) is 5.78. The second-order valence-corrected chi connectivity index (χ2v) is 10.2. The first-order valence-electron chi connectivity index (χ1n) is 13.0. The van der Waals surface area contributed by atoms with Crippen molar-refractivity contribution in [3.8, 4) is 5.75 Å². The van der Waals surface area contributed by atoms with E-state index in [2.05, 4.69) is 38.1 Å². The predicted molar refractivity (Wildman–Crippen MR) is 126 cm³/mol. The average Bonchev–Trinajstić information content (AvgIpc) is 2.76. The van der Waals surface area contributed by atoms with Gasteiger partial charge in [0.15, 0.2) is 0 Å². The van der Waals surface area contributed by atoms with Crippen molar-refractivity contribution in [1.29, 1.82) is 0 Å². The molecule has 164 valence electrons. The number of unbranched alkanes of at least 4 members (excludes halogenated alkanes) is 1. The Morgan fingerprint density at radius 3 is 2.17 bits per heavy atom. The van der Waals surface area contributed by atoms with Gasteiger partial charge in [-0.1, -0.05) is 96.6 Å². The molecule has 2 unspecified atom stereocenters. The number of aryl methyl sites for hydroxylation is 1. The minimum Gasteiger partial charge on any atom is -0.494 e. The van der Waals surface area contributed by atoms with Crippen LogP contribution < -0.4 is 4.74 Å². The molecule has 0 radical (unpaired) electrons. The van der Waals surface area contributed by atoms with Gasteiger partial charge in [0.25, 0.3) is 0 Å². The molecule has 1 nitrogen and oxygen atoms in total. The Balaban J connectivity index is 1.28. The van der Waals surface area contributed by atoms with Gasteiger partial charge in [0, 0.05) is 0 Å². The van der Waals surface area contributed by atoms with Crippen LogP contribution >= 0.6 is 0 Å². The van der Waals surface area contributed by atoms with E-state index >= 15 is 0 Å². The third-order valence-corrected chi connectivity index (χ3v) is 7.97. The highest BCUT2D eigenvalue weighted by atomic mass is 16.5. The third-order valence-electron chi connectivity index (χ3n) is 7.97. The maximum absolute atomic E-state index is 6.03. The summed E-state index contributed by atoms with van der Waals surface area (Å²) in [5.74, 6) is 4.92. The van der Waals surface area contributed by atoms with E-state index in [4.69, 9.17) is 4.74 Å². The first kappa shape index (κ1) is 22.7. The first-order valence-corrected chi connectivity index (χ1v) is 13.0. The number of hydrogen-bond donors (Lipinski definition) is 0. The fraction of sp³-hybridized carbons (Fsp3) is 0.786. The normalized spacial score (nSPS) is 27.7. The van der Waals surface area contributed by atoms with E-state index in [0.29, 0.717) is 0 Å². The van der Waals surface area contributed by atoms with Crippen LogP contribution in [0.15, 0.2) is 24.3 Å². The summed E-state index contributed by atoms with van der Waals surface area (Å²) in [4.78, 5) is 0. The van der Waals surface area contributed by atoms with Crippen LogP contribution in [-0.2, 0) is 6.42 Å². The fourth-order valence-electron chi connectivity index (χ4n) is 5.78. The van der Waals surface area contributed by atoms with Gasteiger partial charge in [0.05, 0.1) is 6.61 Å². The molecule has 0 heterocycles. The molecule has 0 aliphatic heterocycles. The standard InChI is InChI=1S/C28H46O/c1-3-4-9-24-12-14-25(15-13-24)16-17-26-18-20-28(21-19-26)29-22-7-11-27-10-6-5-8-23(27)2/h18-21,23-25,27H,3-17,22H2,1-2H3. The Hall–Kier alpha value is -0.980. The van der Waals surface area contributed by atoms with Gasteiger partial charge in [-0.3, -0.25) is 0 Å². The minimum absolute atomic E-state index is 0.879. The topological polar surface area (TPSA) is 9.23 Å². The molecule has 3 rings (SSSR count). The highest BCUT2D eigenvalue weighted by molar-refractivity contribution is 5.27. The van der Waals surface area contributed by atoms with Crippen LogP contribution in [0.4, 0.5) is 0 Å². The zero-order valence-corrected chi connectivity index (χ0v) is 19.3. The lowest BCUT2D eigenvalue weighted by atomic mass is 9.78. The molecule has 0 aromatic heterocycles. The Morgan fingerprint density at radius 2 is 1.48 bits per heavy atom. The minimum atomic E-state index is 0.879. The summed E-state index contributed by atoms with van der Waals surface area (Å²) in [6.07, 6.45) is 21.1. The SMILES string of the molecule is CCCCC1CCC(CCc2ccc(OCCCC3CCCCC3C)cc2)CC1. The largest absolute Gasteiger partial charge is 0.494 e. The summed E-state index contributed by atoms with van der Waals surface area (Å²) in [5.41, 5.74) is 1.49. The van der Waals surface area contributed by atoms with E-state index in [1.807, 2.05) is 0 Å². The maximum atomic E-state index is 6.03. The molecule has 0 spiro atoms. The molecule has 2 aliphatic carbocycles. The van der Waals surface area contributed by atoms with E-state index in [-0.39, 0.29) is 0 Å². The number of hydrogen-bond acceptors (Lipinski definition) is 1. The zero-order chi connectivity index (χ0) is 20.3. The summed E-state index contributed by atoms with van der Waals surface area (Å²) in [5, 5.41) is 0. The smallest absolute Gasteiger partial charge is 0.119 e. The maximum Gasteiger partial charge on any atom is 0.119 e. The van der Waals surface area contributed by atoms with Gasteiger partial charge in [0.2, 0.25) is 0 Å². The Labute approximate surface area is 181 Å². The Kier molecular flexibility index (Phi) is 9.91. The lowest BCUT2D eigenvalue weighted by Crippen LogP contribution is -2.17. The predicted octanol–water partition coefficient (Wildman–Crippen LogP) is 8.60. The van der Waals surface area contributed by atoms with Crippen molar-refractivity contribution in [2.45, 2.75) is 110 Å². The van der Waals surface area contributed by atoms with Crippen LogP contribution in [0.5, 0.6) is 5.75 Å². The first-order chi connectivity index (χ1) is 14.2. The van der Waals surface area contributed by atoms with Gasteiger partial charge in [-0.05, 0) is 67.1 Å². The third kappa shape index (κ3) is 7.99. The van der Waals surface area contributed by atoms with E-state index in [1.165, 1.54) is 102 Å². The van der Waals surface area contributed by atoms with E-state index in [0.717, 1.165) is 36.0 Å². The van der Waals surface area contributed by atoms with Gasteiger partial charge in [-0.2, -0.15) is 0 Å². The lowest BCUT2D eigenvalue weighted by Gasteiger charge is -2.28. The van der Waals surface area contributed by atoms with Crippen molar-refractivity contribution < 1.29 is 4.74 Å². The molecule has 2 fully saturated rings. The molecule has 0 saturated heterocycles. The van der Waals surface area contributed by atoms with Gasteiger partial charge in [-0.15, -0.1) is 0 Å². The van der Waals surface area contributed by atoms with Crippen molar-refractivity contribution in [2.75, 3.05) is 6.61 Å². The molecule has 29 heavy (non-hydrogen) atoms. The molecule has 0 bridgehead atoms. The summed E-state index contributed by atoms with van der Waals surface area (Å²) >= 11 is 0. The van der Waals surface area contributed by atoms with Crippen LogP contribution in [0.3, 0.4) is 0 Å². The van der Waals surface area contributed by atoms with Crippen molar-refractivity contribution in [2.24, 2.45) is 23.7 Å². The molecule has 0 amide bonds. The second-order valence-electron chi connectivity index (χ2n) is 10.2. The molecule has 0 N–H and O–H groups in total. The molecule has 2 saturated carbocycles. The van der Waals surface area contributed by atoms with Crippen molar-refractivity contribution in [3.05, 3.63) is 29.8 Å². The molecule has 1 aromatic carbocycles. The van der Waals surface area contributed by atoms with Crippen molar-refractivity contribution >= 4 is 0 Å². The summed E-state index contributed by atoms with van der Waals surface area (Å²) < 4.78 is 6.03. The van der Waals surface area contributed by atoms with Crippen LogP contribution in [0.1, 0.15) is 109 Å². The van der Waals surface area contributed by atoms with Crippen LogP contribution in [0, 0.1) is 23.7 Å². The van der Waals surface area contributed by atoms with Crippen molar-refractivity contribution in [1.82, 2.24) is 0 Å². The number of ether oxygens (including phenoxy) is 1. The van der Waals surface area contributed by atoms with Gasteiger partial charge in [-0.25, -0.2) is 0 Å². The van der Waals surface area contributed by atoms with E-state index < -0.39 is 0 Å². The highest BCUT2D eigenvalue weighted by Gasteiger charge is 2.21. The van der Waals surface area contributed by atoms with Gasteiger partial charge >= 0.3 is 0 Å². The molecule has 2 atom stereocenters. The van der Waals surface area contributed by atoms with E-state index in [1.54, 1.807) is 0 Å². The van der Waals surface area contributed by atoms with Crippen LogP contribution in [0.2, 0.25) is 0 Å². The molecule has 1 aromatic rings. The molecular weight excluding hydrogens is 352 g/mol. The van der Waals surface area contributed by atoms with Crippen molar-refractivity contribution in [3.63, 3.8) is 0 Å². The Morgan fingerprint density at radius 1 is 0.793 bits per heavy atom. The van der Waals surface area contributed by atoms with Gasteiger partial charge < -0.3 is 4.74 Å². The lowest BCUT2D eigenvalue weighted by molar-refractivity contribution is 0.217.